The number of methoxy groups -OCH3 is 1. The van der Waals surface area contributed by atoms with E-state index in [2.05, 4.69) is 35.2 Å². The number of aliphatic hydroxyl groups excluding tert-OH is 1. The van der Waals surface area contributed by atoms with Crippen LogP contribution in [0.15, 0.2) is 30.3 Å². The van der Waals surface area contributed by atoms with E-state index in [-0.39, 0.29) is 5.41 Å². The molecule has 1 heterocycles. The third-order valence-electron chi connectivity index (χ3n) is 4.69. The molecule has 1 aliphatic heterocycles. The Morgan fingerprint density at radius 2 is 2.10 bits per heavy atom. The lowest BCUT2D eigenvalue weighted by molar-refractivity contribution is 0.0195. The van der Waals surface area contributed by atoms with Crippen molar-refractivity contribution < 1.29 is 9.84 Å². The molecule has 0 aromatic heterocycles. The first-order valence-electron chi connectivity index (χ1n) is 8.14. The minimum atomic E-state index is 0.0907. The predicted molar refractivity (Wildman–Crippen MR) is 86.4 cm³/mol. The van der Waals surface area contributed by atoms with E-state index in [1.165, 1.54) is 18.5 Å². The van der Waals surface area contributed by atoms with E-state index in [4.69, 9.17) is 4.74 Å². The van der Waals surface area contributed by atoms with Gasteiger partial charge in [-0.2, -0.15) is 0 Å². The zero-order valence-electron chi connectivity index (χ0n) is 13.3. The van der Waals surface area contributed by atoms with Crippen LogP contribution >= 0.6 is 0 Å². The van der Waals surface area contributed by atoms with Crippen LogP contribution in [0.25, 0.3) is 0 Å². The molecule has 1 saturated heterocycles. The Kier molecular flexibility index (Phi) is 6.68. The maximum absolute atomic E-state index is 9.88. The Hall–Kier alpha value is -0.900. The van der Waals surface area contributed by atoms with Crippen LogP contribution in [0.1, 0.15) is 31.2 Å². The van der Waals surface area contributed by atoms with Gasteiger partial charge in [0.15, 0.2) is 0 Å². The van der Waals surface area contributed by atoms with Crippen molar-refractivity contribution in [1.29, 1.82) is 0 Å². The predicted octanol–water partition coefficient (Wildman–Crippen LogP) is 2.73. The Morgan fingerprint density at radius 3 is 2.81 bits per heavy atom. The molecule has 1 aromatic rings. The van der Waals surface area contributed by atoms with E-state index >= 15 is 0 Å². The molecule has 1 fully saturated rings. The first kappa shape index (κ1) is 16.5. The summed E-state index contributed by atoms with van der Waals surface area (Å²) in [5.74, 6) is 0. The zero-order valence-corrected chi connectivity index (χ0v) is 13.3. The molecular formula is C18H29NO2. The van der Waals surface area contributed by atoms with Gasteiger partial charge in [-0.3, -0.25) is 0 Å². The second-order valence-corrected chi connectivity index (χ2v) is 6.37. The average molecular weight is 291 g/mol. The van der Waals surface area contributed by atoms with Crippen LogP contribution in [0.2, 0.25) is 0 Å². The Bertz CT molecular complexity index is 395. The second kappa shape index (κ2) is 8.52. The molecule has 0 amide bonds. The van der Waals surface area contributed by atoms with Gasteiger partial charge >= 0.3 is 0 Å². The molecule has 0 saturated carbocycles. The molecule has 0 radical (unpaired) electrons. The highest BCUT2D eigenvalue weighted by Crippen LogP contribution is 2.34. The molecule has 1 aromatic carbocycles. The van der Waals surface area contributed by atoms with Crippen molar-refractivity contribution in [3.63, 3.8) is 0 Å². The van der Waals surface area contributed by atoms with Crippen LogP contribution in [0.4, 0.5) is 0 Å². The lowest BCUT2D eigenvalue weighted by Crippen LogP contribution is -2.46. The molecule has 118 valence electrons. The third kappa shape index (κ3) is 5.10. The number of benzene rings is 1. The summed E-state index contributed by atoms with van der Waals surface area (Å²) in [6, 6.07) is 10.7. The number of hydrogen-bond acceptors (Lipinski definition) is 3. The summed E-state index contributed by atoms with van der Waals surface area (Å²) in [5, 5.41) is 9.88. The van der Waals surface area contributed by atoms with Crippen molar-refractivity contribution in [2.24, 2.45) is 5.41 Å². The summed E-state index contributed by atoms with van der Waals surface area (Å²) in [6.07, 6.45) is 5.56. The van der Waals surface area contributed by atoms with E-state index in [0.29, 0.717) is 6.61 Å². The molecule has 3 nitrogen and oxygen atoms in total. The molecular weight excluding hydrogens is 262 g/mol. The summed E-state index contributed by atoms with van der Waals surface area (Å²) in [5.41, 5.74) is 1.49. The van der Waals surface area contributed by atoms with E-state index in [0.717, 1.165) is 45.4 Å². The Morgan fingerprint density at radius 1 is 1.29 bits per heavy atom. The molecule has 0 spiro atoms. The maximum Gasteiger partial charge on any atom is 0.0499 e. The van der Waals surface area contributed by atoms with Crippen LogP contribution in [0, 0.1) is 5.41 Å². The minimum absolute atomic E-state index is 0.0907. The highest BCUT2D eigenvalue weighted by Gasteiger charge is 2.34. The number of likely N-dealkylation sites (tertiary alicyclic amines) is 1. The number of piperidine rings is 1. The largest absolute Gasteiger partial charge is 0.396 e. The van der Waals surface area contributed by atoms with Gasteiger partial charge in [-0.1, -0.05) is 30.3 Å². The standard InChI is InChI=1S/C18H29NO2/c1-21-14-6-11-18(16-20)10-5-12-19(15-18)13-9-17-7-3-2-4-8-17/h2-4,7-8,20H,5-6,9-16H2,1H3/t18-/m0/s1. The molecule has 2 rings (SSSR count). The highest BCUT2D eigenvalue weighted by molar-refractivity contribution is 5.14. The SMILES string of the molecule is COCCC[C@@]1(CO)CCCN(CCc2ccccc2)C1. The first-order chi connectivity index (χ1) is 10.3. The smallest absolute Gasteiger partial charge is 0.0499 e. The van der Waals surface area contributed by atoms with E-state index < -0.39 is 0 Å². The average Bonchev–Trinajstić information content (AvgIpc) is 2.54. The number of rotatable bonds is 8. The minimum Gasteiger partial charge on any atom is -0.396 e. The fourth-order valence-electron chi connectivity index (χ4n) is 3.44. The number of ether oxygens (including phenoxy) is 1. The van der Waals surface area contributed by atoms with Gasteiger partial charge in [-0.25, -0.2) is 0 Å². The Balaban J connectivity index is 1.83. The number of hydrogen-bond donors (Lipinski definition) is 1. The topological polar surface area (TPSA) is 32.7 Å². The maximum atomic E-state index is 9.88. The highest BCUT2D eigenvalue weighted by atomic mass is 16.5. The van der Waals surface area contributed by atoms with Gasteiger partial charge in [-0.05, 0) is 44.2 Å². The summed E-state index contributed by atoms with van der Waals surface area (Å²) >= 11 is 0. The van der Waals surface area contributed by atoms with Crippen molar-refractivity contribution in [3.8, 4) is 0 Å². The van der Waals surface area contributed by atoms with E-state index in [1.807, 2.05) is 0 Å². The van der Waals surface area contributed by atoms with Gasteiger partial charge in [0, 0.05) is 38.8 Å². The van der Waals surface area contributed by atoms with Crippen molar-refractivity contribution in [2.75, 3.05) is 40.0 Å². The molecule has 1 aliphatic rings. The molecule has 3 heteroatoms. The van der Waals surface area contributed by atoms with Crippen LogP contribution in [0.3, 0.4) is 0 Å². The molecule has 0 bridgehead atoms. The fourth-order valence-corrected chi connectivity index (χ4v) is 3.44. The summed E-state index contributed by atoms with van der Waals surface area (Å²) in [7, 11) is 1.75. The van der Waals surface area contributed by atoms with Crippen molar-refractivity contribution >= 4 is 0 Å². The van der Waals surface area contributed by atoms with Crippen LogP contribution < -0.4 is 0 Å². The van der Waals surface area contributed by atoms with Gasteiger partial charge in [0.25, 0.3) is 0 Å². The number of aliphatic hydroxyl groups is 1. The van der Waals surface area contributed by atoms with Gasteiger partial charge in [0.05, 0.1) is 0 Å². The summed E-state index contributed by atoms with van der Waals surface area (Å²) in [6.45, 7) is 4.39. The number of nitrogens with zero attached hydrogens (tertiary/aromatic N) is 1. The normalized spacial score (nSPS) is 23.3. The quantitative estimate of drug-likeness (QED) is 0.748. The molecule has 21 heavy (non-hydrogen) atoms. The molecule has 1 N–H and O–H groups in total. The van der Waals surface area contributed by atoms with Crippen molar-refractivity contribution in [1.82, 2.24) is 4.90 Å². The third-order valence-corrected chi connectivity index (χ3v) is 4.69. The van der Waals surface area contributed by atoms with Crippen molar-refractivity contribution in [2.45, 2.75) is 32.1 Å². The lowest BCUT2D eigenvalue weighted by Gasteiger charge is -2.42. The van der Waals surface area contributed by atoms with Crippen molar-refractivity contribution in [3.05, 3.63) is 35.9 Å². The summed E-state index contributed by atoms with van der Waals surface area (Å²) in [4.78, 5) is 2.53. The zero-order chi connectivity index (χ0) is 15.0. The van der Waals surface area contributed by atoms with Crippen LogP contribution in [-0.4, -0.2) is 50.0 Å². The monoisotopic (exact) mass is 291 g/mol. The molecule has 1 atom stereocenters. The fraction of sp³-hybridized carbons (Fsp3) is 0.667. The first-order valence-corrected chi connectivity index (χ1v) is 8.14. The van der Waals surface area contributed by atoms with Gasteiger partial charge in [0.1, 0.15) is 0 Å². The second-order valence-electron chi connectivity index (χ2n) is 6.37. The van der Waals surface area contributed by atoms with Crippen LogP contribution in [0.5, 0.6) is 0 Å². The van der Waals surface area contributed by atoms with Crippen LogP contribution in [-0.2, 0) is 11.2 Å². The molecule has 0 aliphatic carbocycles. The lowest BCUT2D eigenvalue weighted by atomic mass is 9.77. The van der Waals surface area contributed by atoms with E-state index in [9.17, 15) is 5.11 Å². The van der Waals surface area contributed by atoms with Gasteiger partial charge in [-0.15, -0.1) is 0 Å². The van der Waals surface area contributed by atoms with Gasteiger partial charge < -0.3 is 14.7 Å². The van der Waals surface area contributed by atoms with E-state index in [1.54, 1.807) is 7.11 Å². The molecule has 0 unspecified atom stereocenters. The van der Waals surface area contributed by atoms with Gasteiger partial charge in [0.2, 0.25) is 0 Å². The summed E-state index contributed by atoms with van der Waals surface area (Å²) < 4.78 is 5.16. The Labute approximate surface area is 128 Å².